The van der Waals surface area contributed by atoms with E-state index in [1.54, 1.807) is 0 Å². The highest BCUT2D eigenvalue weighted by molar-refractivity contribution is 5.50. The summed E-state index contributed by atoms with van der Waals surface area (Å²) in [5.74, 6) is 1.80. The molecule has 3 aromatic rings. The van der Waals surface area contributed by atoms with E-state index in [0.29, 0.717) is 30.8 Å². The monoisotopic (exact) mass is 357 g/mol. The van der Waals surface area contributed by atoms with Gasteiger partial charge >= 0.3 is 0 Å². The Kier molecular flexibility index (Phi) is 6.70. The SMILES string of the molecule is Cc1nc(NC/C=C/c2ccccc2)nc(NC/C=C/c2ccccc2)n1. The van der Waals surface area contributed by atoms with Crippen LogP contribution in [0.1, 0.15) is 17.0 Å². The smallest absolute Gasteiger partial charge is 0.227 e. The van der Waals surface area contributed by atoms with Crippen molar-refractivity contribution in [3.05, 3.63) is 89.8 Å². The third-order valence-electron chi connectivity index (χ3n) is 3.72. The van der Waals surface area contributed by atoms with Crippen molar-refractivity contribution >= 4 is 24.0 Å². The van der Waals surface area contributed by atoms with E-state index >= 15 is 0 Å². The van der Waals surface area contributed by atoms with E-state index in [4.69, 9.17) is 0 Å². The molecule has 1 heterocycles. The Balaban J connectivity index is 1.51. The molecule has 0 saturated heterocycles. The highest BCUT2D eigenvalue weighted by atomic mass is 15.2. The number of aryl methyl sites for hydroxylation is 1. The van der Waals surface area contributed by atoms with E-state index in [-0.39, 0.29) is 0 Å². The molecule has 0 bridgehead atoms. The maximum Gasteiger partial charge on any atom is 0.227 e. The number of hydrogen-bond donors (Lipinski definition) is 2. The fourth-order valence-corrected chi connectivity index (χ4v) is 2.46. The fraction of sp³-hybridized carbons (Fsp3) is 0.136. The van der Waals surface area contributed by atoms with E-state index in [0.717, 1.165) is 0 Å². The largest absolute Gasteiger partial charge is 0.351 e. The lowest BCUT2D eigenvalue weighted by molar-refractivity contribution is 0.965. The van der Waals surface area contributed by atoms with Gasteiger partial charge < -0.3 is 10.6 Å². The summed E-state index contributed by atoms with van der Waals surface area (Å²) in [5.41, 5.74) is 2.33. The highest BCUT2D eigenvalue weighted by Crippen LogP contribution is 2.06. The lowest BCUT2D eigenvalue weighted by Gasteiger charge is -2.06. The molecule has 2 aromatic carbocycles. The molecule has 0 aliphatic carbocycles. The van der Waals surface area contributed by atoms with Gasteiger partial charge in [0.2, 0.25) is 11.9 Å². The predicted octanol–water partition coefficient (Wildman–Crippen LogP) is 4.43. The van der Waals surface area contributed by atoms with Crippen LogP contribution in [0.5, 0.6) is 0 Å². The van der Waals surface area contributed by atoms with Crippen LogP contribution in [0.4, 0.5) is 11.9 Å². The van der Waals surface area contributed by atoms with E-state index in [1.165, 1.54) is 11.1 Å². The van der Waals surface area contributed by atoms with E-state index < -0.39 is 0 Å². The lowest BCUT2D eigenvalue weighted by Crippen LogP contribution is -2.10. The number of nitrogens with zero attached hydrogens (tertiary/aromatic N) is 3. The Morgan fingerprint density at radius 2 is 1.11 bits per heavy atom. The number of hydrogen-bond acceptors (Lipinski definition) is 5. The molecule has 0 amide bonds. The minimum Gasteiger partial charge on any atom is -0.351 e. The first-order valence-corrected chi connectivity index (χ1v) is 8.93. The van der Waals surface area contributed by atoms with Crippen LogP contribution in [-0.2, 0) is 0 Å². The van der Waals surface area contributed by atoms with E-state index in [9.17, 15) is 0 Å². The first-order chi connectivity index (χ1) is 13.3. The molecular formula is C22H23N5. The van der Waals surface area contributed by atoms with Crippen molar-refractivity contribution in [3.8, 4) is 0 Å². The summed E-state index contributed by atoms with van der Waals surface area (Å²) in [6.07, 6.45) is 8.22. The minimum absolute atomic E-state index is 0.565. The normalized spacial score (nSPS) is 11.1. The molecule has 0 fully saturated rings. The second kappa shape index (κ2) is 9.87. The van der Waals surface area contributed by atoms with Gasteiger partial charge in [-0.2, -0.15) is 15.0 Å². The molecule has 1 aromatic heterocycles. The van der Waals surface area contributed by atoms with Gasteiger partial charge in [0, 0.05) is 13.1 Å². The van der Waals surface area contributed by atoms with Crippen LogP contribution in [0.15, 0.2) is 72.8 Å². The summed E-state index contributed by atoms with van der Waals surface area (Å²) in [6.45, 7) is 3.15. The zero-order valence-electron chi connectivity index (χ0n) is 15.3. The number of benzene rings is 2. The van der Waals surface area contributed by atoms with E-state index in [2.05, 4.69) is 62.0 Å². The van der Waals surface area contributed by atoms with Crippen LogP contribution >= 0.6 is 0 Å². The number of rotatable bonds is 8. The van der Waals surface area contributed by atoms with Gasteiger partial charge in [-0.15, -0.1) is 0 Å². The van der Waals surface area contributed by atoms with Gasteiger partial charge in [0.05, 0.1) is 0 Å². The number of anilines is 2. The zero-order chi connectivity index (χ0) is 18.7. The molecule has 0 spiro atoms. The third-order valence-corrected chi connectivity index (χ3v) is 3.72. The third kappa shape index (κ3) is 6.40. The molecule has 27 heavy (non-hydrogen) atoms. The van der Waals surface area contributed by atoms with Crippen molar-refractivity contribution in [2.75, 3.05) is 23.7 Å². The Bertz CT molecular complexity index is 817. The Hall–Kier alpha value is -3.47. The standard InChI is InChI=1S/C22H23N5/c1-18-25-21(23-16-8-14-19-10-4-2-5-11-19)27-22(26-18)24-17-9-15-20-12-6-3-7-13-20/h2-15H,16-17H2,1H3,(H2,23,24,25,26,27)/b14-8+,15-9+. The Labute approximate surface area is 159 Å². The van der Waals surface area contributed by atoms with Gasteiger partial charge in [-0.25, -0.2) is 0 Å². The summed E-state index contributed by atoms with van der Waals surface area (Å²) in [6, 6.07) is 20.4. The summed E-state index contributed by atoms with van der Waals surface area (Å²) in [7, 11) is 0. The molecular weight excluding hydrogens is 334 g/mol. The van der Waals surface area contributed by atoms with Gasteiger partial charge in [0.1, 0.15) is 5.82 Å². The van der Waals surface area contributed by atoms with Gasteiger partial charge in [-0.05, 0) is 18.1 Å². The first-order valence-electron chi connectivity index (χ1n) is 8.93. The molecule has 0 aliphatic rings. The maximum absolute atomic E-state index is 4.41. The van der Waals surface area contributed by atoms with Crippen LogP contribution < -0.4 is 10.6 Å². The fourth-order valence-electron chi connectivity index (χ4n) is 2.46. The average molecular weight is 357 g/mol. The summed E-state index contributed by atoms with van der Waals surface area (Å²) in [5, 5.41) is 6.41. The second-order valence-corrected chi connectivity index (χ2v) is 5.92. The summed E-state index contributed by atoms with van der Waals surface area (Å²) in [4.78, 5) is 13.1. The maximum atomic E-state index is 4.41. The summed E-state index contributed by atoms with van der Waals surface area (Å²) >= 11 is 0. The molecule has 0 unspecified atom stereocenters. The minimum atomic E-state index is 0.565. The molecule has 5 nitrogen and oxygen atoms in total. The zero-order valence-corrected chi connectivity index (χ0v) is 15.3. The lowest BCUT2D eigenvalue weighted by atomic mass is 10.2. The quantitative estimate of drug-likeness (QED) is 0.624. The van der Waals surface area contributed by atoms with Crippen LogP contribution in [-0.4, -0.2) is 28.0 Å². The highest BCUT2D eigenvalue weighted by Gasteiger charge is 2.01. The van der Waals surface area contributed by atoms with Crippen molar-refractivity contribution in [3.63, 3.8) is 0 Å². The van der Waals surface area contributed by atoms with Gasteiger partial charge in [-0.1, -0.05) is 85.0 Å². The summed E-state index contributed by atoms with van der Waals surface area (Å²) < 4.78 is 0. The van der Waals surface area contributed by atoms with Crippen LogP contribution in [0.2, 0.25) is 0 Å². The average Bonchev–Trinajstić information content (AvgIpc) is 2.70. The predicted molar refractivity (Wildman–Crippen MR) is 112 cm³/mol. The number of nitrogens with one attached hydrogen (secondary N) is 2. The molecule has 5 heteroatoms. The van der Waals surface area contributed by atoms with Crippen molar-refractivity contribution < 1.29 is 0 Å². The van der Waals surface area contributed by atoms with Crippen molar-refractivity contribution in [2.45, 2.75) is 6.92 Å². The number of aromatic nitrogens is 3. The van der Waals surface area contributed by atoms with Crippen LogP contribution in [0.3, 0.4) is 0 Å². The first kappa shape index (κ1) is 18.3. The molecule has 2 N–H and O–H groups in total. The topological polar surface area (TPSA) is 62.7 Å². The van der Waals surface area contributed by atoms with Crippen LogP contribution in [0, 0.1) is 6.92 Å². The van der Waals surface area contributed by atoms with Crippen molar-refractivity contribution in [1.29, 1.82) is 0 Å². The van der Waals surface area contributed by atoms with Gasteiger partial charge in [0.25, 0.3) is 0 Å². The van der Waals surface area contributed by atoms with E-state index in [1.807, 2.05) is 55.5 Å². The van der Waals surface area contributed by atoms with Crippen molar-refractivity contribution in [2.24, 2.45) is 0 Å². The van der Waals surface area contributed by atoms with Crippen molar-refractivity contribution in [1.82, 2.24) is 15.0 Å². The van der Waals surface area contributed by atoms with Gasteiger partial charge in [-0.3, -0.25) is 0 Å². The van der Waals surface area contributed by atoms with Gasteiger partial charge in [0.15, 0.2) is 0 Å². The molecule has 0 aliphatic heterocycles. The Morgan fingerprint density at radius 1 is 0.667 bits per heavy atom. The molecule has 0 atom stereocenters. The Morgan fingerprint density at radius 3 is 1.56 bits per heavy atom. The molecule has 0 radical (unpaired) electrons. The second-order valence-electron chi connectivity index (χ2n) is 5.92. The van der Waals surface area contributed by atoms with Crippen LogP contribution in [0.25, 0.3) is 12.2 Å². The molecule has 136 valence electrons. The molecule has 3 rings (SSSR count). The molecule has 0 saturated carbocycles.